The molecule has 2 heteroatoms. The number of aliphatic hydroxyl groups excluding tert-OH is 1. The van der Waals surface area contributed by atoms with E-state index in [1.165, 1.54) is 50.5 Å². The van der Waals surface area contributed by atoms with Crippen LogP contribution in [0.15, 0.2) is 34.9 Å². The summed E-state index contributed by atoms with van der Waals surface area (Å²) < 4.78 is 0. The second kappa shape index (κ2) is 9.33. The van der Waals surface area contributed by atoms with E-state index in [4.69, 9.17) is 0 Å². The summed E-state index contributed by atoms with van der Waals surface area (Å²) in [6.45, 7) is 11.6. The first-order valence-corrected chi connectivity index (χ1v) is 12.0. The normalized spacial score (nSPS) is 34.1. The van der Waals surface area contributed by atoms with Crippen molar-refractivity contribution in [2.45, 2.75) is 98.5 Å². The predicted octanol–water partition coefficient (Wildman–Crippen LogP) is 6.80. The molecule has 0 aromatic heterocycles. The minimum atomic E-state index is -0.515. The minimum absolute atomic E-state index is 0.0991. The summed E-state index contributed by atoms with van der Waals surface area (Å²) in [5.41, 5.74) is 3.76. The van der Waals surface area contributed by atoms with Crippen LogP contribution in [0.2, 0.25) is 0 Å². The lowest BCUT2D eigenvalue weighted by Gasteiger charge is -2.43. The molecule has 0 radical (unpaired) electrons. The lowest BCUT2D eigenvalue weighted by atomic mass is 9.62. The summed E-state index contributed by atoms with van der Waals surface area (Å²) in [6, 6.07) is 0. The van der Waals surface area contributed by atoms with Crippen LogP contribution < -0.4 is 0 Å². The highest BCUT2D eigenvalue weighted by atomic mass is 16.3. The predicted molar refractivity (Wildman–Crippen MR) is 122 cm³/mol. The Labute approximate surface area is 178 Å². The Morgan fingerprint density at radius 2 is 1.93 bits per heavy atom. The highest BCUT2D eigenvalue weighted by molar-refractivity contribution is 5.97. The molecule has 0 bridgehead atoms. The molecule has 0 aliphatic heterocycles. The van der Waals surface area contributed by atoms with Crippen molar-refractivity contribution >= 4 is 5.78 Å². The number of ketones is 1. The van der Waals surface area contributed by atoms with Crippen molar-refractivity contribution in [2.24, 2.45) is 29.1 Å². The molecule has 0 saturated heterocycles. The van der Waals surface area contributed by atoms with Gasteiger partial charge in [0.2, 0.25) is 0 Å². The molecule has 5 atom stereocenters. The van der Waals surface area contributed by atoms with Gasteiger partial charge in [-0.3, -0.25) is 4.79 Å². The zero-order valence-electron chi connectivity index (χ0n) is 19.3. The van der Waals surface area contributed by atoms with Crippen molar-refractivity contribution in [2.75, 3.05) is 0 Å². The molecule has 29 heavy (non-hydrogen) atoms. The van der Waals surface area contributed by atoms with Crippen molar-refractivity contribution in [3.05, 3.63) is 34.9 Å². The van der Waals surface area contributed by atoms with Gasteiger partial charge in [0.05, 0.1) is 6.10 Å². The number of fused-ring (bicyclic) bond motifs is 1. The van der Waals surface area contributed by atoms with Crippen molar-refractivity contribution in [1.29, 1.82) is 0 Å². The van der Waals surface area contributed by atoms with E-state index in [1.54, 1.807) is 0 Å². The highest BCUT2D eigenvalue weighted by Gasteiger charge is 2.49. The number of rotatable bonds is 7. The first-order chi connectivity index (χ1) is 13.7. The Morgan fingerprint density at radius 3 is 2.66 bits per heavy atom. The zero-order chi connectivity index (χ0) is 21.2. The molecule has 0 amide bonds. The Hall–Kier alpha value is -1.15. The smallest absolute Gasteiger partial charge is 0.161 e. The molecular weight excluding hydrogens is 356 g/mol. The van der Waals surface area contributed by atoms with Crippen LogP contribution in [0.3, 0.4) is 0 Å². The Balaban J connectivity index is 1.70. The Morgan fingerprint density at radius 1 is 1.17 bits per heavy atom. The van der Waals surface area contributed by atoms with Gasteiger partial charge in [-0.15, -0.1) is 0 Å². The van der Waals surface area contributed by atoms with Crippen molar-refractivity contribution in [1.82, 2.24) is 0 Å². The van der Waals surface area contributed by atoms with Crippen LogP contribution in [0.1, 0.15) is 92.4 Å². The maximum atomic E-state index is 12.1. The third-order valence-electron chi connectivity index (χ3n) is 8.26. The maximum Gasteiger partial charge on any atom is 0.161 e. The molecule has 0 spiro atoms. The number of aliphatic hydroxyl groups is 1. The van der Waals surface area contributed by atoms with Crippen LogP contribution in [-0.4, -0.2) is 17.0 Å². The molecule has 1 N–H and O–H groups in total. The fourth-order valence-corrected chi connectivity index (χ4v) is 6.45. The van der Waals surface area contributed by atoms with E-state index in [2.05, 4.69) is 45.9 Å². The largest absolute Gasteiger partial charge is 0.392 e. The van der Waals surface area contributed by atoms with Crippen LogP contribution in [0.25, 0.3) is 0 Å². The van der Waals surface area contributed by atoms with Gasteiger partial charge in [0.25, 0.3) is 0 Å². The summed E-state index contributed by atoms with van der Waals surface area (Å²) in [5.74, 6) is 3.20. The van der Waals surface area contributed by atoms with E-state index in [9.17, 15) is 9.90 Å². The standard InChI is InChI=1S/C27H42O2/c1-18(2)8-6-9-19(3)24-13-14-25-21(10-7-15-27(24,25)5)11-12-22-16-23(28)17-26(29)20(22)4/h10-12,18-19,23-25,28H,6-9,13-17H2,1-5H3/b12-11-/t19-,23-,24-,25+,27-/m1/s1. The van der Waals surface area contributed by atoms with Crippen LogP contribution in [0.4, 0.5) is 0 Å². The van der Waals surface area contributed by atoms with E-state index < -0.39 is 6.10 Å². The quantitative estimate of drug-likeness (QED) is 0.512. The second-order valence-corrected chi connectivity index (χ2v) is 10.8. The third-order valence-corrected chi connectivity index (χ3v) is 8.26. The average Bonchev–Trinajstić information content (AvgIpc) is 3.00. The number of Topliss-reactive ketones (excluding diaryl/α,β-unsaturated/α-hetero) is 1. The minimum Gasteiger partial charge on any atom is -0.392 e. The summed E-state index contributed by atoms with van der Waals surface area (Å²) in [4.78, 5) is 12.1. The van der Waals surface area contributed by atoms with E-state index in [-0.39, 0.29) is 12.2 Å². The molecule has 3 rings (SSSR count). The lowest BCUT2D eigenvalue weighted by molar-refractivity contribution is -0.117. The molecule has 3 aliphatic carbocycles. The van der Waals surface area contributed by atoms with E-state index in [0.29, 0.717) is 17.8 Å². The van der Waals surface area contributed by atoms with Crippen LogP contribution in [0, 0.1) is 29.1 Å². The van der Waals surface area contributed by atoms with Gasteiger partial charge in [0.1, 0.15) is 0 Å². The van der Waals surface area contributed by atoms with Crippen molar-refractivity contribution in [3.63, 3.8) is 0 Å². The van der Waals surface area contributed by atoms with E-state index in [0.717, 1.165) is 28.9 Å². The van der Waals surface area contributed by atoms with Gasteiger partial charge in [0.15, 0.2) is 5.78 Å². The molecule has 0 unspecified atom stereocenters. The number of hydrogen-bond donors (Lipinski definition) is 1. The van der Waals surface area contributed by atoms with Gasteiger partial charge in [-0.05, 0) is 84.8 Å². The van der Waals surface area contributed by atoms with Gasteiger partial charge in [0, 0.05) is 6.42 Å². The summed E-state index contributed by atoms with van der Waals surface area (Å²) in [6.07, 6.45) is 16.4. The van der Waals surface area contributed by atoms with E-state index in [1.807, 2.05) is 6.92 Å². The molecule has 1 saturated carbocycles. The SMILES string of the molecule is CC1=C(/C=C\C2=CCC[C@]3(C)[C@@H]([C@H](C)CCCC(C)C)CC[C@@H]23)C[C@@H](O)CC1=O. The molecule has 2 nitrogen and oxygen atoms in total. The first kappa shape index (κ1) is 22.5. The first-order valence-electron chi connectivity index (χ1n) is 12.0. The molecule has 162 valence electrons. The average molecular weight is 399 g/mol. The lowest BCUT2D eigenvalue weighted by Crippen LogP contribution is -2.35. The van der Waals surface area contributed by atoms with Crippen LogP contribution >= 0.6 is 0 Å². The molecule has 0 aromatic rings. The van der Waals surface area contributed by atoms with Gasteiger partial charge in [-0.2, -0.15) is 0 Å². The van der Waals surface area contributed by atoms with Gasteiger partial charge in [-0.1, -0.05) is 65.2 Å². The van der Waals surface area contributed by atoms with Gasteiger partial charge in [-0.25, -0.2) is 0 Å². The highest BCUT2D eigenvalue weighted by Crippen LogP contribution is 2.58. The molecule has 0 heterocycles. The monoisotopic (exact) mass is 398 g/mol. The molecular formula is C27H42O2. The summed E-state index contributed by atoms with van der Waals surface area (Å²) in [7, 11) is 0. The van der Waals surface area contributed by atoms with Crippen LogP contribution in [0.5, 0.6) is 0 Å². The fourth-order valence-electron chi connectivity index (χ4n) is 6.45. The zero-order valence-corrected chi connectivity index (χ0v) is 19.3. The van der Waals surface area contributed by atoms with Gasteiger partial charge < -0.3 is 5.11 Å². The Bertz CT molecular complexity index is 695. The summed E-state index contributed by atoms with van der Waals surface area (Å²) in [5, 5.41) is 9.99. The number of carbonyl (C=O) groups is 1. The second-order valence-electron chi connectivity index (χ2n) is 10.8. The van der Waals surface area contributed by atoms with Crippen molar-refractivity contribution in [3.8, 4) is 0 Å². The topological polar surface area (TPSA) is 37.3 Å². The van der Waals surface area contributed by atoms with E-state index >= 15 is 0 Å². The molecule has 0 aromatic carbocycles. The van der Waals surface area contributed by atoms with Gasteiger partial charge >= 0.3 is 0 Å². The summed E-state index contributed by atoms with van der Waals surface area (Å²) >= 11 is 0. The fraction of sp³-hybridized carbons (Fsp3) is 0.741. The maximum absolute atomic E-state index is 12.1. The van der Waals surface area contributed by atoms with Crippen LogP contribution in [-0.2, 0) is 4.79 Å². The number of hydrogen-bond acceptors (Lipinski definition) is 2. The molecule has 3 aliphatic rings. The molecule has 1 fully saturated rings. The number of allylic oxidation sites excluding steroid dienone is 5. The number of carbonyl (C=O) groups excluding carboxylic acids is 1. The van der Waals surface area contributed by atoms with Crippen molar-refractivity contribution < 1.29 is 9.90 Å². The Kier molecular flexibility index (Phi) is 7.25. The third kappa shape index (κ3) is 4.95.